The molecule has 0 heterocycles. The standard InChI is InChI=1S/C16H25NO2.ClH/c1-13(2)10-12-19-15-7-5-14(6-8-15)16(18)9-11-17(3)4;/h5-8,13H,9-12H2,1-4H3;1H. The molecule has 0 aliphatic heterocycles. The predicted octanol–water partition coefficient (Wildman–Crippen LogP) is 3.67. The van der Waals surface area contributed by atoms with Gasteiger partial charge < -0.3 is 9.64 Å². The third-order valence-corrected chi connectivity index (χ3v) is 2.93. The van der Waals surface area contributed by atoms with Crippen molar-refractivity contribution in [1.29, 1.82) is 0 Å². The van der Waals surface area contributed by atoms with Crippen LogP contribution in [0.4, 0.5) is 0 Å². The topological polar surface area (TPSA) is 29.5 Å². The zero-order valence-corrected chi connectivity index (χ0v) is 13.7. The first-order chi connectivity index (χ1) is 8.99. The van der Waals surface area contributed by atoms with Crippen LogP contribution in [0.15, 0.2) is 24.3 Å². The quantitative estimate of drug-likeness (QED) is 0.686. The lowest BCUT2D eigenvalue weighted by Gasteiger charge is -2.10. The Labute approximate surface area is 128 Å². The third kappa shape index (κ3) is 7.51. The minimum atomic E-state index is 0. The third-order valence-electron chi connectivity index (χ3n) is 2.93. The lowest BCUT2D eigenvalue weighted by Crippen LogP contribution is -2.16. The summed E-state index contributed by atoms with van der Waals surface area (Å²) in [4.78, 5) is 13.9. The van der Waals surface area contributed by atoms with E-state index in [2.05, 4.69) is 13.8 Å². The molecular formula is C16H26ClNO2. The molecule has 0 aliphatic carbocycles. The molecule has 0 amide bonds. The van der Waals surface area contributed by atoms with Gasteiger partial charge in [-0.15, -0.1) is 12.4 Å². The van der Waals surface area contributed by atoms with Crippen molar-refractivity contribution in [3.63, 3.8) is 0 Å². The fourth-order valence-electron chi connectivity index (χ4n) is 1.62. The molecule has 114 valence electrons. The zero-order valence-electron chi connectivity index (χ0n) is 12.9. The summed E-state index contributed by atoms with van der Waals surface area (Å²) < 4.78 is 5.63. The van der Waals surface area contributed by atoms with Crippen molar-refractivity contribution in [3.05, 3.63) is 29.8 Å². The molecule has 0 spiro atoms. The molecule has 4 heteroatoms. The first kappa shape index (κ1) is 18.9. The molecule has 1 aromatic rings. The van der Waals surface area contributed by atoms with E-state index >= 15 is 0 Å². The van der Waals surface area contributed by atoms with Crippen LogP contribution in [0.2, 0.25) is 0 Å². The summed E-state index contributed by atoms with van der Waals surface area (Å²) in [5.74, 6) is 1.67. The van der Waals surface area contributed by atoms with Crippen LogP contribution < -0.4 is 4.74 Å². The summed E-state index contributed by atoms with van der Waals surface area (Å²) >= 11 is 0. The van der Waals surface area contributed by atoms with Crippen molar-refractivity contribution in [1.82, 2.24) is 4.90 Å². The number of ether oxygens (including phenoxy) is 1. The molecule has 0 aliphatic rings. The highest BCUT2D eigenvalue weighted by Gasteiger charge is 2.06. The van der Waals surface area contributed by atoms with Crippen LogP contribution in [0.3, 0.4) is 0 Å². The number of carbonyl (C=O) groups is 1. The highest BCUT2D eigenvalue weighted by molar-refractivity contribution is 5.96. The normalized spacial score (nSPS) is 10.5. The van der Waals surface area contributed by atoms with Gasteiger partial charge in [-0.25, -0.2) is 0 Å². The van der Waals surface area contributed by atoms with Gasteiger partial charge in [-0.05, 0) is 50.7 Å². The molecule has 0 bridgehead atoms. The van der Waals surface area contributed by atoms with Gasteiger partial charge in [0.05, 0.1) is 6.61 Å². The number of benzene rings is 1. The van der Waals surface area contributed by atoms with Gasteiger partial charge in [-0.1, -0.05) is 13.8 Å². The van der Waals surface area contributed by atoms with Crippen LogP contribution >= 0.6 is 12.4 Å². The van der Waals surface area contributed by atoms with Crippen LogP contribution in [0.1, 0.15) is 37.0 Å². The molecule has 1 rings (SSSR count). The van der Waals surface area contributed by atoms with E-state index in [0.29, 0.717) is 12.3 Å². The van der Waals surface area contributed by atoms with E-state index < -0.39 is 0 Å². The zero-order chi connectivity index (χ0) is 14.3. The Balaban J connectivity index is 0.00000361. The van der Waals surface area contributed by atoms with Crippen LogP contribution in [-0.4, -0.2) is 37.9 Å². The number of nitrogens with zero attached hydrogens (tertiary/aromatic N) is 1. The second kappa shape index (κ2) is 9.78. The Hall–Kier alpha value is -1.06. The van der Waals surface area contributed by atoms with Crippen LogP contribution in [-0.2, 0) is 0 Å². The van der Waals surface area contributed by atoms with E-state index in [1.807, 2.05) is 43.3 Å². The van der Waals surface area contributed by atoms with Gasteiger partial charge in [0, 0.05) is 18.5 Å². The SMILES string of the molecule is CC(C)CCOc1ccc(C(=O)CCN(C)C)cc1.Cl. The first-order valence-electron chi connectivity index (χ1n) is 6.90. The van der Waals surface area contributed by atoms with E-state index in [9.17, 15) is 4.79 Å². The molecule has 1 aromatic carbocycles. The van der Waals surface area contributed by atoms with Crippen molar-refractivity contribution >= 4 is 18.2 Å². The highest BCUT2D eigenvalue weighted by Crippen LogP contribution is 2.14. The van der Waals surface area contributed by atoms with Crippen LogP contribution in [0.5, 0.6) is 5.75 Å². The Bertz CT molecular complexity index is 388. The minimum absolute atomic E-state index is 0. The number of hydrogen-bond donors (Lipinski definition) is 0. The fourth-order valence-corrected chi connectivity index (χ4v) is 1.62. The largest absolute Gasteiger partial charge is 0.494 e. The van der Waals surface area contributed by atoms with Crippen LogP contribution in [0.25, 0.3) is 0 Å². The number of Topliss-reactive ketones (excluding diaryl/α,β-unsaturated/α-hetero) is 1. The molecule has 0 atom stereocenters. The lowest BCUT2D eigenvalue weighted by molar-refractivity contribution is 0.0972. The molecule has 20 heavy (non-hydrogen) atoms. The maximum atomic E-state index is 11.9. The number of rotatable bonds is 8. The summed E-state index contributed by atoms with van der Waals surface area (Å²) in [6.45, 7) is 5.86. The van der Waals surface area contributed by atoms with Gasteiger partial charge in [-0.3, -0.25) is 4.79 Å². The number of carbonyl (C=O) groups excluding carboxylic acids is 1. The van der Waals surface area contributed by atoms with E-state index in [1.54, 1.807) is 0 Å². The fraction of sp³-hybridized carbons (Fsp3) is 0.562. The molecule has 0 fully saturated rings. The van der Waals surface area contributed by atoms with Crippen molar-refractivity contribution in [3.8, 4) is 5.75 Å². The summed E-state index contributed by atoms with van der Waals surface area (Å²) in [5, 5.41) is 0. The Kier molecular flexibility index (Phi) is 9.26. The number of halogens is 1. The van der Waals surface area contributed by atoms with Gasteiger partial charge in [0.2, 0.25) is 0 Å². The molecule has 0 radical (unpaired) electrons. The number of ketones is 1. The van der Waals surface area contributed by atoms with E-state index in [1.165, 1.54) is 0 Å². The second-order valence-corrected chi connectivity index (χ2v) is 5.53. The molecule has 0 saturated heterocycles. The average molecular weight is 300 g/mol. The maximum Gasteiger partial charge on any atom is 0.164 e. The molecule has 0 unspecified atom stereocenters. The van der Waals surface area contributed by atoms with Crippen molar-refractivity contribution in [2.75, 3.05) is 27.2 Å². The van der Waals surface area contributed by atoms with E-state index in [4.69, 9.17) is 4.74 Å². The van der Waals surface area contributed by atoms with E-state index in [0.717, 1.165) is 30.9 Å². The summed E-state index contributed by atoms with van der Waals surface area (Å²) in [5.41, 5.74) is 0.762. The van der Waals surface area contributed by atoms with Gasteiger partial charge in [0.1, 0.15) is 5.75 Å². The van der Waals surface area contributed by atoms with Gasteiger partial charge >= 0.3 is 0 Å². The summed E-state index contributed by atoms with van der Waals surface area (Å²) in [7, 11) is 3.94. The first-order valence-corrected chi connectivity index (χ1v) is 6.90. The average Bonchev–Trinajstić information content (AvgIpc) is 2.36. The van der Waals surface area contributed by atoms with Crippen molar-refractivity contribution < 1.29 is 9.53 Å². The smallest absolute Gasteiger partial charge is 0.164 e. The van der Waals surface area contributed by atoms with Gasteiger partial charge in [0.25, 0.3) is 0 Å². The maximum absolute atomic E-state index is 11.9. The molecule has 0 N–H and O–H groups in total. The number of hydrogen-bond acceptors (Lipinski definition) is 3. The molecular weight excluding hydrogens is 274 g/mol. The minimum Gasteiger partial charge on any atom is -0.494 e. The Morgan fingerprint density at radius 1 is 1.20 bits per heavy atom. The molecule has 0 aromatic heterocycles. The predicted molar refractivity (Wildman–Crippen MR) is 86.1 cm³/mol. The Morgan fingerprint density at radius 3 is 2.30 bits per heavy atom. The highest BCUT2D eigenvalue weighted by atomic mass is 35.5. The van der Waals surface area contributed by atoms with Gasteiger partial charge in [0.15, 0.2) is 5.78 Å². The lowest BCUT2D eigenvalue weighted by atomic mass is 10.1. The monoisotopic (exact) mass is 299 g/mol. The summed E-state index contributed by atoms with van der Waals surface area (Å²) in [6, 6.07) is 7.46. The van der Waals surface area contributed by atoms with Crippen LogP contribution in [0, 0.1) is 5.92 Å². The molecule has 3 nitrogen and oxygen atoms in total. The van der Waals surface area contributed by atoms with E-state index in [-0.39, 0.29) is 18.2 Å². The Morgan fingerprint density at radius 2 is 1.80 bits per heavy atom. The summed E-state index contributed by atoms with van der Waals surface area (Å²) in [6.07, 6.45) is 1.60. The van der Waals surface area contributed by atoms with Crippen molar-refractivity contribution in [2.24, 2.45) is 5.92 Å². The molecule has 0 saturated carbocycles. The second-order valence-electron chi connectivity index (χ2n) is 5.53. The van der Waals surface area contributed by atoms with Gasteiger partial charge in [-0.2, -0.15) is 0 Å². The van der Waals surface area contributed by atoms with Crippen molar-refractivity contribution in [2.45, 2.75) is 26.7 Å².